The van der Waals surface area contributed by atoms with E-state index >= 15 is 0 Å². The molecule has 0 saturated carbocycles. The molecule has 294 valence electrons. The summed E-state index contributed by atoms with van der Waals surface area (Å²) in [6.07, 6.45) is 0. The van der Waals surface area contributed by atoms with Crippen LogP contribution >= 0.6 is 0 Å². The highest BCUT2D eigenvalue weighted by atomic mass is 28.3. The molecular formula is C60H40N2Si. The van der Waals surface area contributed by atoms with Crippen LogP contribution in [-0.2, 0) is 0 Å². The Bertz CT molecular complexity index is 3660. The molecule has 1 aliphatic rings. The lowest BCUT2D eigenvalue weighted by Crippen LogP contribution is -2.72. The monoisotopic (exact) mass is 816 g/mol. The van der Waals surface area contributed by atoms with Crippen LogP contribution in [0, 0.1) is 0 Å². The summed E-state index contributed by atoms with van der Waals surface area (Å²) in [6, 6.07) is 90.3. The summed E-state index contributed by atoms with van der Waals surface area (Å²) >= 11 is 0. The van der Waals surface area contributed by atoms with Crippen molar-refractivity contribution in [1.29, 1.82) is 0 Å². The van der Waals surface area contributed by atoms with Crippen molar-refractivity contribution < 1.29 is 0 Å². The van der Waals surface area contributed by atoms with Crippen molar-refractivity contribution in [3.05, 3.63) is 243 Å². The van der Waals surface area contributed by atoms with Gasteiger partial charge in [-0.15, -0.1) is 0 Å². The van der Waals surface area contributed by atoms with Crippen molar-refractivity contribution >= 4 is 72.4 Å². The summed E-state index contributed by atoms with van der Waals surface area (Å²) in [7, 11) is -2.59. The highest BCUT2D eigenvalue weighted by Gasteiger charge is 2.48. The van der Waals surface area contributed by atoms with Crippen LogP contribution in [0.2, 0.25) is 0 Å². The molecule has 1 aliphatic heterocycles. The molecule has 2 nitrogen and oxygen atoms in total. The molecule has 10 aromatic carbocycles. The summed E-state index contributed by atoms with van der Waals surface area (Å²) in [5.74, 6) is 0. The Labute approximate surface area is 367 Å². The van der Waals surface area contributed by atoms with E-state index in [4.69, 9.17) is 0 Å². The highest BCUT2D eigenvalue weighted by molar-refractivity contribution is 7.22. The zero-order valence-electron chi connectivity index (χ0n) is 34.5. The van der Waals surface area contributed by atoms with Crippen LogP contribution in [0.3, 0.4) is 0 Å². The highest BCUT2D eigenvalue weighted by Crippen LogP contribution is 2.40. The number of nitrogens with zero attached hydrogens (tertiary/aromatic N) is 2. The zero-order valence-corrected chi connectivity index (χ0v) is 35.5. The summed E-state index contributed by atoms with van der Waals surface area (Å²) in [6.45, 7) is 0. The predicted octanol–water partition coefficient (Wildman–Crippen LogP) is 12.6. The second kappa shape index (κ2) is 14.0. The average molecular weight is 817 g/mol. The summed E-state index contributed by atoms with van der Waals surface area (Å²) in [5, 5.41) is 10.8. The third-order valence-electron chi connectivity index (χ3n) is 13.6. The second-order valence-electron chi connectivity index (χ2n) is 16.8. The first kappa shape index (κ1) is 35.7. The Kier molecular flexibility index (Phi) is 7.96. The maximum atomic E-state index is 2.51. The van der Waals surface area contributed by atoms with E-state index in [0.29, 0.717) is 0 Å². The van der Waals surface area contributed by atoms with Gasteiger partial charge in [0.25, 0.3) is 0 Å². The normalized spacial score (nSPS) is 12.9. The van der Waals surface area contributed by atoms with Crippen LogP contribution in [0.5, 0.6) is 0 Å². The van der Waals surface area contributed by atoms with Crippen LogP contribution < -0.4 is 20.7 Å². The van der Waals surface area contributed by atoms with E-state index in [1.54, 1.807) is 0 Å². The van der Waals surface area contributed by atoms with Gasteiger partial charge in [0.1, 0.15) is 0 Å². The fourth-order valence-corrected chi connectivity index (χ4v) is 16.1. The average Bonchev–Trinajstić information content (AvgIpc) is 3.97. The van der Waals surface area contributed by atoms with E-state index < -0.39 is 8.07 Å². The molecule has 0 amide bonds. The molecule has 0 radical (unpaired) electrons. The fraction of sp³-hybridized carbons (Fsp3) is 0. The minimum absolute atomic E-state index is 1.14. The Morgan fingerprint density at radius 1 is 0.254 bits per heavy atom. The number of aromatic nitrogens is 2. The van der Waals surface area contributed by atoms with Gasteiger partial charge in [-0.1, -0.05) is 194 Å². The third-order valence-corrected chi connectivity index (χ3v) is 18.5. The molecule has 0 saturated heterocycles. The minimum Gasteiger partial charge on any atom is -0.309 e. The Morgan fingerprint density at radius 3 is 1.25 bits per heavy atom. The maximum Gasteiger partial charge on any atom is 0.180 e. The van der Waals surface area contributed by atoms with E-state index in [9.17, 15) is 0 Å². The van der Waals surface area contributed by atoms with Gasteiger partial charge in [-0.25, -0.2) is 0 Å². The summed E-state index contributed by atoms with van der Waals surface area (Å²) < 4.78 is 4.89. The summed E-state index contributed by atoms with van der Waals surface area (Å²) in [5.41, 5.74) is 14.7. The third kappa shape index (κ3) is 5.30. The smallest absolute Gasteiger partial charge is 0.180 e. The van der Waals surface area contributed by atoms with Gasteiger partial charge in [-0.3, -0.25) is 0 Å². The molecule has 3 heteroatoms. The predicted molar refractivity (Wildman–Crippen MR) is 269 cm³/mol. The molecule has 0 bridgehead atoms. The quantitative estimate of drug-likeness (QED) is 0.148. The first-order valence-electron chi connectivity index (χ1n) is 21.8. The van der Waals surface area contributed by atoms with Gasteiger partial charge in [0.05, 0.1) is 22.1 Å². The largest absolute Gasteiger partial charge is 0.309 e. The molecule has 12 aromatic rings. The Hall–Kier alpha value is -7.98. The van der Waals surface area contributed by atoms with Gasteiger partial charge in [0.2, 0.25) is 0 Å². The van der Waals surface area contributed by atoms with Gasteiger partial charge < -0.3 is 9.13 Å². The Balaban J connectivity index is 0.968. The van der Waals surface area contributed by atoms with Crippen molar-refractivity contribution in [2.75, 3.05) is 0 Å². The minimum atomic E-state index is -2.59. The van der Waals surface area contributed by atoms with Gasteiger partial charge in [-0.05, 0) is 103 Å². The lowest BCUT2D eigenvalue weighted by Gasteiger charge is -2.31. The fourth-order valence-electron chi connectivity index (χ4n) is 10.8. The van der Waals surface area contributed by atoms with Gasteiger partial charge in [0.15, 0.2) is 8.07 Å². The van der Waals surface area contributed by atoms with E-state index in [1.165, 1.54) is 97.7 Å². The van der Waals surface area contributed by atoms with Crippen LogP contribution in [0.1, 0.15) is 0 Å². The zero-order chi connectivity index (χ0) is 41.5. The van der Waals surface area contributed by atoms with Crippen molar-refractivity contribution in [1.82, 2.24) is 9.13 Å². The lowest BCUT2D eigenvalue weighted by atomic mass is 10.0. The molecule has 63 heavy (non-hydrogen) atoms. The first-order valence-corrected chi connectivity index (χ1v) is 23.8. The molecule has 2 aromatic heterocycles. The second-order valence-corrected chi connectivity index (χ2v) is 20.6. The number of para-hydroxylation sites is 2. The first-order chi connectivity index (χ1) is 31.3. The number of hydrogen-bond acceptors (Lipinski definition) is 0. The summed E-state index contributed by atoms with van der Waals surface area (Å²) in [4.78, 5) is 0. The van der Waals surface area contributed by atoms with Crippen LogP contribution in [0.4, 0.5) is 0 Å². The molecule has 0 fully saturated rings. The van der Waals surface area contributed by atoms with E-state index in [-0.39, 0.29) is 0 Å². The van der Waals surface area contributed by atoms with Crippen molar-refractivity contribution in [2.24, 2.45) is 0 Å². The molecule has 0 spiro atoms. The van der Waals surface area contributed by atoms with Crippen LogP contribution in [-0.4, -0.2) is 17.2 Å². The van der Waals surface area contributed by atoms with Gasteiger partial charge in [0, 0.05) is 32.9 Å². The lowest BCUT2D eigenvalue weighted by molar-refractivity contribution is 1.16. The van der Waals surface area contributed by atoms with Crippen molar-refractivity contribution in [3.8, 4) is 44.8 Å². The van der Waals surface area contributed by atoms with Gasteiger partial charge >= 0.3 is 0 Å². The maximum absolute atomic E-state index is 2.59. The topological polar surface area (TPSA) is 9.86 Å². The van der Waals surface area contributed by atoms with Crippen molar-refractivity contribution in [3.63, 3.8) is 0 Å². The van der Waals surface area contributed by atoms with E-state index in [1.807, 2.05) is 0 Å². The number of benzene rings is 10. The van der Waals surface area contributed by atoms with E-state index in [2.05, 4.69) is 252 Å². The molecule has 0 atom stereocenters. The molecule has 0 aliphatic carbocycles. The molecule has 0 N–H and O–H groups in total. The molecule has 3 heterocycles. The Morgan fingerprint density at radius 2 is 0.683 bits per heavy atom. The molecular weight excluding hydrogens is 777 g/mol. The van der Waals surface area contributed by atoms with Crippen molar-refractivity contribution in [2.45, 2.75) is 0 Å². The number of rotatable bonds is 6. The van der Waals surface area contributed by atoms with Crippen LogP contribution in [0.15, 0.2) is 243 Å². The SMILES string of the molecule is c1ccc(-c2ccc(-n3c4ccccc4c4cc5c6ccccc6n(-c6ccc(-c7ccc8c(c7)[Si](c7ccccc7)(c7ccccc7)c7ccccc7-8)cc6)c5cc43)cc2)cc1. The van der Waals surface area contributed by atoms with E-state index in [0.717, 1.165) is 11.4 Å². The van der Waals surface area contributed by atoms with Gasteiger partial charge in [-0.2, -0.15) is 0 Å². The van der Waals surface area contributed by atoms with Crippen LogP contribution in [0.25, 0.3) is 88.4 Å². The standard InChI is InChI=1S/C60H40N2Si/c1-4-16-41(17-5-1)42-28-33-45(34-29-42)61-55-25-13-10-22-49(55)53-39-54-50-23-11-14-26-56(50)62(58(54)40-57(53)61)46-35-30-43(31-36-46)44-32-37-52-51-24-12-15-27-59(51)63(60(52)38-44,47-18-6-2-7-19-47)48-20-8-3-9-21-48/h1-40H. The number of hydrogen-bond donors (Lipinski definition) is 0. The molecule has 13 rings (SSSR count). The molecule has 0 unspecified atom stereocenters. The number of fused-ring (bicyclic) bond motifs is 9.